The second kappa shape index (κ2) is 8.71. The van der Waals surface area contributed by atoms with Crippen LogP contribution in [0.2, 0.25) is 10.0 Å². The molecule has 0 spiro atoms. The van der Waals surface area contributed by atoms with Crippen LogP contribution in [-0.4, -0.2) is 26.5 Å². The van der Waals surface area contributed by atoms with Crippen molar-refractivity contribution in [2.75, 3.05) is 0 Å². The van der Waals surface area contributed by atoms with E-state index in [-0.39, 0.29) is 24.4 Å². The molecule has 3 rings (SSSR count). The lowest BCUT2D eigenvalue weighted by Crippen LogP contribution is -2.31. The fourth-order valence-electron chi connectivity index (χ4n) is 2.46. The highest BCUT2D eigenvalue weighted by molar-refractivity contribution is 6.34. The largest absolute Gasteiger partial charge is 0.350 e. The van der Waals surface area contributed by atoms with E-state index in [0.29, 0.717) is 27.8 Å². The normalized spacial score (nSPS) is 11.8. The van der Waals surface area contributed by atoms with E-state index in [9.17, 15) is 4.79 Å². The number of hydrogen-bond donors (Lipinski definition) is 1. The third-order valence-electron chi connectivity index (χ3n) is 4.08. The number of imidazole rings is 1. The number of hydrogen-bond acceptors (Lipinski definition) is 3. The lowest BCUT2D eigenvalue weighted by atomic mass is 10.1. The minimum atomic E-state index is -0.0896. The summed E-state index contributed by atoms with van der Waals surface area (Å²) < 4.78 is 1.94. The molecule has 1 unspecified atom stereocenters. The molecule has 1 amide bonds. The van der Waals surface area contributed by atoms with Crippen molar-refractivity contribution >= 4 is 52.5 Å². The molecule has 138 valence electrons. The molecule has 0 fully saturated rings. The monoisotopic (exact) mass is 412 g/mol. The van der Waals surface area contributed by atoms with Crippen LogP contribution in [0, 0.1) is 0 Å². The van der Waals surface area contributed by atoms with Crippen LogP contribution >= 0.6 is 35.6 Å². The molecule has 1 aromatic carbocycles. The molecule has 1 N–H and O–H groups in total. The number of halogens is 3. The molecule has 0 radical (unpaired) electrons. The summed E-state index contributed by atoms with van der Waals surface area (Å²) in [5, 5.41) is 3.97. The average molecular weight is 414 g/mol. The Morgan fingerprint density at radius 2 is 2.04 bits per heavy atom. The number of pyridine rings is 1. The van der Waals surface area contributed by atoms with Crippen LogP contribution in [0.4, 0.5) is 0 Å². The van der Waals surface area contributed by atoms with Gasteiger partial charge in [0.2, 0.25) is 0 Å². The van der Waals surface area contributed by atoms with Gasteiger partial charge in [0.05, 0.1) is 39.6 Å². The van der Waals surface area contributed by atoms with Gasteiger partial charge >= 0.3 is 0 Å². The Morgan fingerprint density at radius 1 is 1.27 bits per heavy atom. The number of amides is 1. The van der Waals surface area contributed by atoms with Gasteiger partial charge in [0.25, 0.3) is 5.91 Å². The number of nitrogens with zero attached hydrogens (tertiary/aromatic N) is 3. The summed E-state index contributed by atoms with van der Waals surface area (Å²) in [6.45, 7) is 4.49. The minimum Gasteiger partial charge on any atom is -0.350 e. The van der Waals surface area contributed by atoms with Gasteiger partial charge < -0.3 is 9.88 Å². The standard InChI is InChI=1S/C18H18Cl2N4O.ClH/c1-3-11(2)23-18(25)12-4-5-17-15(6-12)22-10-24(17)9-16-14(20)7-13(19)8-21-16;/h4-8,10-11H,3,9H2,1-2H3,(H,23,25);1H. The first-order valence-corrected chi connectivity index (χ1v) is 8.79. The maximum absolute atomic E-state index is 12.2. The summed E-state index contributed by atoms with van der Waals surface area (Å²) in [6.07, 6.45) is 4.17. The number of carbonyl (C=O) groups is 1. The summed E-state index contributed by atoms with van der Waals surface area (Å²) in [4.78, 5) is 20.9. The summed E-state index contributed by atoms with van der Waals surface area (Å²) >= 11 is 12.1. The van der Waals surface area contributed by atoms with Gasteiger partial charge in [-0.2, -0.15) is 0 Å². The lowest BCUT2D eigenvalue weighted by molar-refractivity contribution is 0.0939. The number of rotatable bonds is 5. The van der Waals surface area contributed by atoms with Crippen LogP contribution < -0.4 is 5.32 Å². The first-order chi connectivity index (χ1) is 12.0. The highest BCUT2D eigenvalue weighted by atomic mass is 35.5. The molecule has 8 heteroatoms. The summed E-state index contributed by atoms with van der Waals surface area (Å²) in [7, 11) is 0. The molecule has 0 aliphatic rings. The van der Waals surface area contributed by atoms with Crippen LogP contribution in [0.5, 0.6) is 0 Å². The first-order valence-electron chi connectivity index (χ1n) is 8.03. The molecule has 26 heavy (non-hydrogen) atoms. The van der Waals surface area contributed by atoms with E-state index in [0.717, 1.165) is 17.5 Å². The van der Waals surface area contributed by atoms with Crippen molar-refractivity contribution in [1.82, 2.24) is 19.9 Å². The molecule has 2 heterocycles. The van der Waals surface area contributed by atoms with E-state index in [2.05, 4.69) is 15.3 Å². The lowest BCUT2D eigenvalue weighted by Gasteiger charge is -2.11. The zero-order valence-electron chi connectivity index (χ0n) is 14.4. The number of carbonyl (C=O) groups excluding carboxylic acids is 1. The van der Waals surface area contributed by atoms with Crippen LogP contribution in [-0.2, 0) is 6.54 Å². The van der Waals surface area contributed by atoms with Gasteiger partial charge in [0, 0.05) is 17.8 Å². The average Bonchev–Trinajstić information content (AvgIpc) is 2.99. The van der Waals surface area contributed by atoms with E-state index in [1.54, 1.807) is 30.7 Å². The van der Waals surface area contributed by atoms with E-state index >= 15 is 0 Å². The van der Waals surface area contributed by atoms with Gasteiger partial charge in [-0.25, -0.2) is 4.98 Å². The van der Waals surface area contributed by atoms with E-state index in [1.165, 1.54) is 0 Å². The van der Waals surface area contributed by atoms with Crippen molar-refractivity contribution in [2.45, 2.75) is 32.9 Å². The third kappa shape index (κ3) is 4.47. The number of fused-ring (bicyclic) bond motifs is 1. The molecule has 5 nitrogen and oxygen atoms in total. The van der Waals surface area contributed by atoms with Gasteiger partial charge in [0.15, 0.2) is 0 Å². The van der Waals surface area contributed by atoms with Crippen LogP contribution in [0.1, 0.15) is 36.3 Å². The predicted octanol–water partition coefficient (Wildman–Crippen LogP) is 4.74. The van der Waals surface area contributed by atoms with E-state index in [1.807, 2.05) is 24.5 Å². The first kappa shape index (κ1) is 20.5. The number of aromatic nitrogens is 3. The molecular weight excluding hydrogens is 395 g/mol. The molecule has 1 atom stereocenters. The summed E-state index contributed by atoms with van der Waals surface area (Å²) in [5.74, 6) is -0.0896. The molecule has 0 bridgehead atoms. The Labute approximate surface area is 168 Å². The third-order valence-corrected chi connectivity index (χ3v) is 4.61. The van der Waals surface area contributed by atoms with Crippen molar-refractivity contribution in [2.24, 2.45) is 0 Å². The zero-order valence-corrected chi connectivity index (χ0v) is 16.7. The minimum absolute atomic E-state index is 0. The van der Waals surface area contributed by atoms with Crippen LogP contribution in [0.15, 0.2) is 36.8 Å². The highest BCUT2D eigenvalue weighted by Crippen LogP contribution is 2.21. The Bertz CT molecular complexity index is 926. The molecule has 0 saturated heterocycles. The topological polar surface area (TPSA) is 59.8 Å². The van der Waals surface area contributed by atoms with Crippen molar-refractivity contribution in [1.29, 1.82) is 0 Å². The Kier molecular flexibility index (Phi) is 6.87. The molecule has 3 aromatic rings. The predicted molar refractivity (Wildman–Crippen MR) is 108 cm³/mol. The Balaban J connectivity index is 0.00000243. The van der Waals surface area contributed by atoms with Crippen molar-refractivity contribution in [3.63, 3.8) is 0 Å². The van der Waals surface area contributed by atoms with E-state index in [4.69, 9.17) is 23.2 Å². The molecule has 2 aromatic heterocycles. The van der Waals surface area contributed by atoms with Gasteiger partial charge in [-0.05, 0) is 37.6 Å². The van der Waals surface area contributed by atoms with Crippen molar-refractivity contribution in [3.05, 3.63) is 58.1 Å². The molecule has 0 aliphatic heterocycles. The number of benzene rings is 1. The van der Waals surface area contributed by atoms with Gasteiger partial charge in [-0.15, -0.1) is 12.4 Å². The van der Waals surface area contributed by atoms with Crippen molar-refractivity contribution < 1.29 is 4.79 Å². The second-order valence-corrected chi connectivity index (χ2v) is 6.78. The van der Waals surface area contributed by atoms with Gasteiger partial charge in [-0.1, -0.05) is 30.1 Å². The Morgan fingerprint density at radius 3 is 2.73 bits per heavy atom. The van der Waals surface area contributed by atoms with Gasteiger partial charge in [-0.3, -0.25) is 9.78 Å². The van der Waals surface area contributed by atoms with Gasteiger partial charge in [0.1, 0.15) is 0 Å². The smallest absolute Gasteiger partial charge is 0.251 e. The van der Waals surface area contributed by atoms with Crippen LogP contribution in [0.3, 0.4) is 0 Å². The molecule has 0 aliphatic carbocycles. The quantitative estimate of drug-likeness (QED) is 0.657. The SMILES string of the molecule is CCC(C)NC(=O)c1ccc2c(c1)ncn2Cc1ncc(Cl)cc1Cl.Cl. The highest BCUT2D eigenvalue weighted by Gasteiger charge is 2.12. The fourth-order valence-corrected chi connectivity index (χ4v) is 2.90. The number of nitrogens with one attached hydrogen (secondary N) is 1. The summed E-state index contributed by atoms with van der Waals surface area (Å²) in [5.41, 5.74) is 2.97. The molecular formula is C18H19Cl3N4O. The zero-order chi connectivity index (χ0) is 18.0. The maximum atomic E-state index is 12.2. The van der Waals surface area contributed by atoms with Crippen molar-refractivity contribution in [3.8, 4) is 0 Å². The molecule has 0 saturated carbocycles. The van der Waals surface area contributed by atoms with Crippen LogP contribution in [0.25, 0.3) is 11.0 Å². The Hall–Kier alpha value is -1.82. The van der Waals surface area contributed by atoms with E-state index < -0.39 is 0 Å². The summed E-state index contributed by atoms with van der Waals surface area (Å²) in [6, 6.07) is 7.29. The maximum Gasteiger partial charge on any atom is 0.251 e. The second-order valence-electron chi connectivity index (χ2n) is 5.94. The fraction of sp³-hybridized carbons (Fsp3) is 0.278.